The van der Waals surface area contributed by atoms with Gasteiger partial charge in [0, 0.05) is 129 Å². The number of hydrogen-bond acceptors (Lipinski definition) is 20. The maximum absolute atomic E-state index is 13.3. The summed E-state index contributed by atoms with van der Waals surface area (Å²) in [6.07, 6.45) is 11.1. The molecule has 148 heavy (non-hydrogen) atoms. The Bertz CT molecular complexity index is 4010. The van der Waals surface area contributed by atoms with E-state index in [1.54, 1.807) is 0 Å². The summed E-state index contributed by atoms with van der Waals surface area (Å²) >= 11 is 0. The second-order valence-corrected chi connectivity index (χ2v) is 55.9. The van der Waals surface area contributed by atoms with Crippen LogP contribution in [0, 0.1) is 102 Å². The van der Waals surface area contributed by atoms with E-state index in [0.717, 1.165) is 62.5 Å². The number of ketones is 10. The minimum absolute atomic E-state index is 0.00295. The first-order valence-corrected chi connectivity index (χ1v) is 55.3. The highest BCUT2D eigenvalue weighted by Gasteiger charge is 2.42. The van der Waals surface area contributed by atoms with Gasteiger partial charge in [0.2, 0.25) is 11.8 Å². The summed E-state index contributed by atoms with van der Waals surface area (Å²) in [5.41, 5.74) is 20.3. The third-order valence-corrected chi connectivity index (χ3v) is 24.9. The van der Waals surface area contributed by atoms with Crippen molar-refractivity contribution in [1.29, 1.82) is 0 Å². The summed E-state index contributed by atoms with van der Waals surface area (Å²) in [7, 11) is 0. The van der Waals surface area contributed by atoms with E-state index < -0.39 is 45.8 Å². The Morgan fingerprint density at radius 3 is 0.730 bits per heavy atom. The molecule has 2 rings (SSSR count). The molecule has 2 aromatic rings. The first-order chi connectivity index (χ1) is 66.7. The zero-order chi connectivity index (χ0) is 117. The number of hydrogen-bond donors (Lipinski definition) is 12. The van der Waals surface area contributed by atoms with Crippen molar-refractivity contribution < 1.29 is 67.1 Å². The summed E-state index contributed by atoms with van der Waals surface area (Å²) in [6, 6.07) is 16.8. The van der Waals surface area contributed by atoms with Crippen LogP contribution in [0.5, 0.6) is 0 Å². The Morgan fingerprint density at radius 2 is 0.527 bits per heavy atom. The fourth-order valence-corrected chi connectivity index (χ4v) is 17.4. The van der Waals surface area contributed by atoms with Crippen LogP contribution in [-0.2, 0) is 70.4 Å². The van der Waals surface area contributed by atoms with Crippen molar-refractivity contribution in [2.24, 2.45) is 125 Å². The number of urea groups is 2. The molecule has 12 atom stereocenters. The minimum Gasteiger partial charge on any atom is -0.352 e. The maximum atomic E-state index is 13.3. The first-order valence-electron chi connectivity index (χ1n) is 55.3. The summed E-state index contributed by atoms with van der Waals surface area (Å²) in [6.45, 7) is 93.6. The van der Waals surface area contributed by atoms with Crippen LogP contribution in [0.3, 0.4) is 0 Å². The summed E-state index contributed by atoms with van der Waals surface area (Å²) in [5.74, 6) is 0.671. The van der Waals surface area contributed by atoms with Crippen molar-refractivity contribution in [2.75, 3.05) is 26.2 Å². The minimum atomic E-state index is -0.585. The molecule has 0 fully saturated rings. The molecule has 16 N–H and O–H groups in total. The van der Waals surface area contributed by atoms with Crippen molar-refractivity contribution in [3.63, 3.8) is 0 Å². The van der Waals surface area contributed by atoms with Gasteiger partial charge in [0.15, 0.2) is 34.7 Å². The van der Waals surface area contributed by atoms with Crippen molar-refractivity contribution in [3.05, 3.63) is 71.8 Å². The van der Waals surface area contributed by atoms with Gasteiger partial charge in [-0.2, -0.15) is 0 Å². The van der Waals surface area contributed by atoms with Crippen LogP contribution in [0.1, 0.15) is 432 Å². The summed E-state index contributed by atoms with van der Waals surface area (Å²) in [5, 5.41) is 24.7. The van der Waals surface area contributed by atoms with Crippen LogP contribution in [0.4, 0.5) is 9.59 Å². The number of carbonyl (C=O) groups excluding carboxylic acids is 14. The predicted molar refractivity (Wildman–Crippen MR) is 615 cm³/mol. The van der Waals surface area contributed by atoms with E-state index in [1.165, 1.54) is 0 Å². The second-order valence-electron chi connectivity index (χ2n) is 55.9. The maximum Gasteiger partial charge on any atom is 0.312 e. The standard InChI is InChI=1S/2C24H40N2O2.2C20H39N3O3.2C17H33NO2/c2*1-23(2,3)22(28)19(14-10-11-15-25)17-21(27)20(26-24(4,5)6)16-18-12-8-7-9-13-18;2*1-13(2)14(12-19(3,4)5)17(25)23-15(16(24)20(6,7)8)10-9-11-22-18(21)26;2*1-11(2)14(18-17(7,8)9)13(19)10-12(3)15(20)16(4,5)6/h2*7-9,12-13,19-20,26H,10-11,14-17,25H2,1-6H3;2*13-15H,9-12H2,1-8H3,(H,23,25)(H3,21,22,26);2*11-12,14,18H,10H2,1-9H3. The number of unbranched alkanes of at least 4 members (excludes halogenated alkanes) is 2. The Morgan fingerprint density at radius 1 is 0.277 bits per heavy atom. The van der Waals surface area contributed by atoms with Crippen molar-refractivity contribution >= 4 is 81.7 Å². The highest BCUT2D eigenvalue weighted by molar-refractivity contribution is 5.97. The molecule has 26 heteroatoms. The molecule has 856 valence electrons. The molecular weight excluding hydrogens is 1860 g/mol. The van der Waals surface area contributed by atoms with Gasteiger partial charge in [-0.1, -0.05) is 309 Å². The van der Waals surface area contributed by atoms with Crippen LogP contribution in [0.2, 0.25) is 0 Å². The summed E-state index contributed by atoms with van der Waals surface area (Å²) < 4.78 is 0. The van der Waals surface area contributed by atoms with Gasteiger partial charge in [-0.3, -0.25) is 57.5 Å². The number of nitrogens with two attached hydrogens (primary N) is 4. The number of carbonyl (C=O) groups is 14. The fourth-order valence-electron chi connectivity index (χ4n) is 17.4. The lowest BCUT2D eigenvalue weighted by molar-refractivity contribution is -0.135. The molecule has 0 aromatic heterocycles. The number of benzene rings is 2. The van der Waals surface area contributed by atoms with Crippen LogP contribution >= 0.6 is 0 Å². The third-order valence-electron chi connectivity index (χ3n) is 24.9. The van der Waals surface area contributed by atoms with Gasteiger partial charge in [0.1, 0.15) is 23.1 Å². The average Bonchev–Trinajstić information content (AvgIpc) is 0.844. The fraction of sp³-hybridized carbons (Fsp3) is 0.787. The van der Waals surface area contributed by atoms with Crippen LogP contribution in [0.15, 0.2) is 60.7 Å². The van der Waals surface area contributed by atoms with E-state index in [-0.39, 0.29) is 197 Å². The molecule has 0 saturated carbocycles. The molecule has 12 unspecified atom stereocenters. The Balaban J connectivity index is -0.000000845. The molecule has 0 saturated heterocycles. The van der Waals surface area contributed by atoms with E-state index >= 15 is 0 Å². The number of primary amides is 2. The lowest BCUT2D eigenvalue weighted by Gasteiger charge is -2.31. The first kappa shape index (κ1) is 147. The number of rotatable bonds is 52. The third kappa shape index (κ3) is 69.1. The van der Waals surface area contributed by atoms with Crippen LogP contribution < -0.4 is 65.5 Å². The highest BCUT2D eigenvalue weighted by atomic mass is 16.2. The van der Waals surface area contributed by atoms with Gasteiger partial charge in [-0.15, -0.1) is 0 Å². The van der Waals surface area contributed by atoms with E-state index in [1.807, 2.05) is 255 Å². The van der Waals surface area contributed by atoms with Crippen molar-refractivity contribution in [2.45, 2.75) is 492 Å². The highest BCUT2D eigenvalue weighted by Crippen LogP contribution is 2.35. The Kier molecular flexibility index (Phi) is 65.9. The molecule has 0 bridgehead atoms. The monoisotopic (exact) mass is 2080 g/mol. The Labute approximate surface area is 902 Å². The molecule has 0 heterocycles. The van der Waals surface area contributed by atoms with Crippen LogP contribution in [0.25, 0.3) is 0 Å². The molecule has 26 nitrogen and oxygen atoms in total. The molecule has 2 aromatic carbocycles. The van der Waals surface area contributed by atoms with E-state index in [9.17, 15) is 67.1 Å². The normalized spacial score (nSPS) is 15.0. The average molecular weight is 2080 g/mol. The van der Waals surface area contributed by atoms with E-state index in [0.29, 0.717) is 90.4 Å². The van der Waals surface area contributed by atoms with Gasteiger partial charge < -0.3 is 65.5 Å². The molecule has 0 spiro atoms. The lowest BCUT2D eigenvalue weighted by atomic mass is 9.78. The second kappa shape index (κ2) is 66.5. The van der Waals surface area contributed by atoms with Gasteiger partial charge in [0.05, 0.1) is 36.3 Å². The van der Waals surface area contributed by atoms with Crippen molar-refractivity contribution in [3.8, 4) is 0 Å². The molecule has 6 amide bonds. The number of Topliss-reactive ketones (excluding diaryl/α,β-unsaturated/α-hetero) is 10. The van der Waals surface area contributed by atoms with Gasteiger partial charge in [-0.25, -0.2) is 9.59 Å². The SMILES string of the molecule is CC(C)(C)NC(Cc1ccccc1)C(=O)CC(CCCCN)C(=O)C(C)(C)C.CC(C)(C)NC(Cc1ccccc1)C(=O)CC(CCCCN)C(=O)C(C)(C)C.CC(C)C(CC(C)(C)C)C(=O)NC(CCCNC(N)=O)C(=O)C(C)(C)C.CC(C)C(CC(C)(C)C)C(=O)NC(CCCNC(N)=O)C(=O)C(C)(C)C.CC(CC(=O)C(NC(C)(C)C)C(C)C)C(=O)C(C)(C)C.CC(CC(=O)C(NC(C)(C)C)C(C)C)C(=O)C(C)(C)C. The molecular formula is C122H224N12O14. The zero-order valence-electron chi connectivity index (χ0n) is 103. The Hall–Kier alpha value is -7.62. The number of nitrogens with one attached hydrogen (secondary N) is 8. The summed E-state index contributed by atoms with van der Waals surface area (Å²) in [4.78, 5) is 175. The molecule has 0 aliphatic heterocycles. The topological polar surface area (TPSA) is 439 Å². The largest absolute Gasteiger partial charge is 0.352 e. The van der Waals surface area contributed by atoms with Gasteiger partial charge in [-0.05, 0) is 219 Å². The lowest BCUT2D eigenvalue weighted by Crippen LogP contribution is -2.51. The zero-order valence-corrected chi connectivity index (χ0v) is 103. The van der Waals surface area contributed by atoms with Crippen LogP contribution in [-0.4, -0.2) is 166 Å². The number of amides is 6. The predicted octanol–water partition coefficient (Wildman–Crippen LogP) is 22.3. The smallest absolute Gasteiger partial charge is 0.312 e. The van der Waals surface area contributed by atoms with E-state index in [4.69, 9.17) is 22.9 Å². The van der Waals surface area contributed by atoms with Crippen molar-refractivity contribution in [1.82, 2.24) is 42.5 Å². The molecule has 0 aliphatic rings. The quantitative estimate of drug-likeness (QED) is 0.0274. The molecule has 0 radical (unpaired) electrons. The molecule has 0 aliphatic carbocycles. The van der Waals surface area contributed by atoms with E-state index in [2.05, 4.69) is 167 Å². The van der Waals surface area contributed by atoms with Gasteiger partial charge >= 0.3 is 12.1 Å². The van der Waals surface area contributed by atoms with Gasteiger partial charge in [0.25, 0.3) is 0 Å².